The standard InChI is InChI=1S/C5H7BrN2/c1-2-5-7-3-4-8(5)6/h3-4H,2H2,1H3. The molecule has 0 aliphatic heterocycles. The monoisotopic (exact) mass is 174 g/mol. The second kappa shape index (κ2) is 2.31. The Labute approximate surface area is 56.9 Å². The van der Waals surface area contributed by atoms with Crippen LogP contribution in [0.25, 0.3) is 0 Å². The number of aryl methyl sites for hydroxylation is 1. The first kappa shape index (κ1) is 5.82. The topological polar surface area (TPSA) is 17.8 Å². The maximum absolute atomic E-state index is 4.05. The van der Waals surface area contributed by atoms with Gasteiger partial charge in [-0.2, -0.15) is 0 Å². The molecule has 0 unspecified atom stereocenters. The lowest BCUT2D eigenvalue weighted by atomic mass is 10.5. The van der Waals surface area contributed by atoms with Gasteiger partial charge in [-0.3, -0.25) is 3.59 Å². The average molecular weight is 175 g/mol. The van der Waals surface area contributed by atoms with E-state index in [1.54, 1.807) is 6.20 Å². The van der Waals surface area contributed by atoms with Gasteiger partial charge < -0.3 is 0 Å². The summed E-state index contributed by atoms with van der Waals surface area (Å²) in [6.45, 7) is 2.07. The van der Waals surface area contributed by atoms with E-state index in [9.17, 15) is 0 Å². The first-order valence-corrected chi connectivity index (χ1v) is 3.24. The number of hydrogen-bond acceptors (Lipinski definition) is 1. The van der Waals surface area contributed by atoms with Gasteiger partial charge in [0, 0.05) is 18.8 Å². The van der Waals surface area contributed by atoms with E-state index >= 15 is 0 Å². The Morgan fingerprint density at radius 1 is 1.88 bits per heavy atom. The summed E-state index contributed by atoms with van der Waals surface area (Å²) >= 11 is 3.28. The van der Waals surface area contributed by atoms with Crippen LogP contribution >= 0.6 is 16.1 Å². The molecule has 1 aromatic heterocycles. The largest absolute Gasteiger partial charge is 0.270 e. The molecule has 0 atom stereocenters. The average Bonchev–Trinajstić information content (AvgIpc) is 2.14. The molecule has 0 amide bonds. The second-order valence-electron chi connectivity index (χ2n) is 1.51. The van der Waals surface area contributed by atoms with Crippen LogP contribution < -0.4 is 0 Å². The predicted octanol–water partition coefficient (Wildman–Crippen LogP) is 1.60. The quantitative estimate of drug-likeness (QED) is 0.633. The molecule has 1 rings (SSSR count). The molecule has 0 aromatic carbocycles. The third-order valence-electron chi connectivity index (χ3n) is 0.984. The lowest BCUT2D eigenvalue weighted by molar-refractivity contribution is 0.968. The molecule has 0 saturated heterocycles. The molecular formula is C5H7BrN2. The molecule has 0 N–H and O–H groups in total. The fourth-order valence-corrected chi connectivity index (χ4v) is 1.01. The van der Waals surface area contributed by atoms with Crippen LogP contribution in [0.1, 0.15) is 12.7 Å². The van der Waals surface area contributed by atoms with Gasteiger partial charge in [-0.05, 0) is 0 Å². The number of imidazole rings is 1. The molecule has 44 valence electrons. The molecule has 2 nitrogen and oxygen atoms in total. The fraction of sp³-hybridized carbons (Fsp3) is 0.400. The Morgan fingerprint density at radius 2 is 2.62 bits per heavy atom. The van der Waals surface area contributed by atoms with Crippen molar-refractivity contribution in [3.63, 3.8) is 0 Å². The summed E-state index contributed by atoms with van der Waals surface area (Å²) in [5.74, 6) is 1.06. The first-order chi connectivity index (χ1) is 3.84. The number of nitrogens with zero attached hydrogens (tertiary/aromatic N) is 2. The van der Waals surface area contributed by atoms with Crippen LogP contribution in [-0.2, 0) is 6.42 Å². The summed E-state index contributed by atoms with van der Waals surface area (Å²) in [4.78, 5) is 4.05. The van der Waals surface area contributed by atoms with Crippen LogP contribution in [0, 0.1) is 0 Å². The van der Waals surface area contributed by atoms with E-state index in [1.165, 1.54) is 0 Å². The summed E-state index contributed by atoms with van der Waals surface area (Å²) in [6, 6.07) is 0. The van der Waals surface area contributed by atoms with E-state index in [-0.39, 0.29) is 0 Å². The normalized spacial score (nSPS) is 9.75. The van der Waals surface area contributed by atoms with Crippen LogP contribution in [0.4, 0.5) is 0 Å². The highest BCUT2D eigenvalue weighted by molar-refractivity contribution is 9.08. The Hall–Kier alpha value is -0.310. The molecule has 0 bridgehead atoms. The highest BCUT2D eigenvalue weighted by Gasteiger charge is 1.92. The van der Waals surface area contributed by atoms with Crippen molar-refractivity contribution in [2.45, 2.75) is 13.3 Å². The smallest absolute Gasteiger partial charge is 0.118 e. The fourth-order valence-electron chi connectivity index (χ4n) is 0.561. The van der Waals surface area contributed by atoms with E-state index in [0.717, 1.165) is 12.2 Å². The predicted molar refractivity (Wildman–Crippen MR) is 35.9 cm³/mol. The van der Waals surface area contributed by atoms with Gasteiger partial charge in [-0.1, -0.05) is 6.92 Å². The highest BCUT2D eigenvalue weighted by Crippen LogP contribution is 2.00. The zero-order valence-corrected chi connectivity index (χ0v) is 6.22. The van der Waals surface area contributed by atoms with Gasteiger partial charge in [-0.15, -0.1) is 0 Å². The molecule has 0 aliphatic rings. The Bertz CT molecular complexity index is 171. The maximum Gasteiger partial charge on any atom is 0.118 e. The maximum atomic E-state index is 4.05. The minimum Gasteiger partial charge on any atom is -0.270 e. The van der Waals surface area contributed by atoms with E-state index < -0.39 is 0 Å². The highest BCUT2D eigenvalue weighted by atomic mass is 79.9. The van der Waals surface area contributed by atoms with Gasteiger partial charge in [0.25, 0.3) is 0 Å². The SMILES string of the molecule is CCc1nccn1Br. The van der Waals surface area contributed by atoms with Crippen LogP contribution in [0.2, 0.25) is 0 Å². The van der Waals surface area contributed by atoms with Crippen LogP contribution in [0.3, 0.4) is 0 Å². The molecule has 8 heavy (non-hydrogen) atoms. The molecule has 0 aliphatic carbocycles. The lowest BCUT2D eigenvalue weighted by Crippen LogP contribution is -1.86. The van der Waals surface area contributed by atoms with E-state index in [1.807, 2.05) is 9.79 Å². The van der Waals surface area contributed by atoms with Crippen LogP contribution in [0.15, 0.2) is 12.4 Å². The van der Waals surface area contributed by atoms with Crippen molar-refractivity contribution in [3.8, 4) is 0 Å². The third-order valence-corrected chi connectivity index (χ3v) is 1.63. The summed E-state index contributed by atoms with van der Waals surface area (Å²) in [5.41, 5.74) is 0. The summed E-state index contributed by atoms with van der Waals surface area (Å²) in [7, 11) is 0. The van der Waals surface area contributed by atoms with Gasteiger partial charge >= 0.3 is 0 Å². The van der Waals surface area contributed by atoms with E-state index in [4.69, 9.17) is 0 Å². The molecule has 1 aromatic rings. The second-order valence-corrected chi connectivity index (χ2v) is 2.27. The van der Waals surface area contributed by atoms with Crippen molar-refractivity contribution in [3.05, 3.63) is 18.2 Å². The summed E-state index contributed by atoms with van der Waals surface area (Å²) in [5, 5.41) is 0. The molecular weight excluding hydrogens is 168 g/mol. The summed E-state index contributed by atoms with van der Waals surface area (Å²) in [6.07, 6.45) is 4.62. The van der Waals surface area contributed by atoms with E-state index in [0.29, 0.717) is 0 Å². The zero-order valence-electron chi connectivity index (χ0n) is 4.63. The lowest BCUT2D eigenvalue weighted by Gasteiger charge is -1.89. The van der Waals surface area contributed by atoms with Crippen LogP contribution in [0.5, 0.6) is 0 Å². The summed E-state index contributed by atoms with van der Waals surface area (Å²) < 4.78 is 1.84. The number of rotatable bonds is 1. The van der Waals surface area contributed by atoms with Crippen molar-refractivity contribution in [2.24, 2.45) is 0 Å². The molecule has 0 radical (unpaired) electrons. The minimum atomic E-state index is 0.970. The molecule has 0 fully saturated rings. The zero-order chi connectivity index (χ0) is 5.98. The van der Waals surface area contributed by atoms with Gasteiger partial charge in [0.15, 0.2) is 0 Å². The van der Waals surface area contributed by atoms with Gasteiger partial charge in [0.1, 0.15) is 5.82 Å². The Morgan fingerprint density at radius 3 is 2.88 bits per heavy atom. The Kier molecular flexibility index (Phi) is 1.68. The Balaban J connectivity index is 2.92. The van der Waals surface area contributed by atoms with Crippen molar-refractivity contribution in [1.29, 1.82) is 0 Å². The molecule has 1 heterocycles. The van der Waals surface area contributed by atoms with Gasteiger partial charge in [-0.25, -0.2) is 4.98 Å². The van der Waals surface area contributed by atoms with Crippen LogP contribution in [-0.4, -0.2) is 8.58 Å². The number of hydrogen-bond donors (Lipinski definition) is 0. The van der Waals surface area contributed by atoms with E-state index in [2.05, 4.69) is 28.1 Å². The van der Waals surface area contributed by atoms with Crippen molar-refractivity contribution < 1.29 is 0 Å². The molecule has 0 saturated carbocycles. The van der Waals surface area contributed by atoms with Crippen molar-refractivity contribution >= 4 is 16.1 Å². The van der Waals surface area contributed by atoms with Gasteiger partial charge in [0.2, 0.25) is 0 Å². The van der Waals surface area contributed by atoms with Gasteiger partial charge in [0.05, 0.1) is 16.1 Å². The van der Waals surface area contributed by atoms with Crippen molar-refractivity contribution in [1.82, 2.24) is 8.58 Å². The number of aromatic nitrogens is 2. The van der Waals surface area contributed by atoms with Crippen molar-refractivity contribution in [2.75, 3.05) is 0 Å². The third kappa shape index (κ3) is 0.916. The molecule has 0 spiro atoms. The molecule has 3 heteroatoms. The number of halogens is 1. The first-order valence-electron chi connectivity index (χ1n) is 2.53. The minimum absolute atomic E-state index is 0.970.